The van der Waals surface area contributed by atoms with Gasteiger partial charge in [0.05, 0.1) is 0 Å². The molecule has 0 radical (unpaired) electrons. The number of amides is 3. The van der Waals surface area contributed by atoms with E-state index >= 15 is 0 Å². The quantitative estimate of drug-likeness (QED) is 0.195. The first-order chi connectivity index (χ1) is 13.0. The van der Waals surface area contributed by atoms with Gasteiger partial charge in [0.2, 0.25) is 11.8 Å². The molecule has 3 amide bonds. The molecule has 27 heavy (non-hydrogen) atoms. The van der Waals surface area contributed by atoms with E-state index in [9.17, 15) is 14.4 Å². The average Bonchev–Trinajstić information content (AvgIpc) is 2.66. The molecule has 7 heteroatoms. The van der Waals surface area contributed by atoms with E-state index in [4.69, 9.17) is 5.21 Å². The minimum absolute atomic E-state index is 0.0453. The van der Waals surface area contributed by atoms with Gasteiger partial charge in [0.1, 0.15) is 0 Å². The predicted molar refractivity (Wildman–Crippen MR) is 104 cm³/mol. The maximum atomic E-state index is 11.9. The lowest BCUT2D eigenvalue weighted by Gasteiger charge is -2.07. The molecule has 4 N–H and O–H groups in total. The summed E-state index contributed by atoms with van der Waals surface area (Å²) in [6.45, 7) is 2.56. The number of hydrogen-bond donors (Lipinski definition) is 4. The van der Waals surface area contributed by atoms with E-state index in [0.717, 1.165) is 36.9 Å². The molecule has 0 spiro atoms. The van der Waals surface area contributed by atoms with Crippen molar-refractivity contribution < 1.29 is 19.6 Å². The molecule has 0 saturated heterocycles. The van der Waals surface area contributed by atoms with Gasteiger partial charge in [0.25, 0.3) is 5.91 Å². The molecule has 7 nitrogen and oxygen atoms in total. The van der Waals surface area contributed by atoms with Crippen LogP contribution in [0.15, 0.2) is 36.4 Å². The van der Waals surface area contributed by atoms with Crippen LogP contribution in [-0.4, -0.2) is 29.5 Å². The van der Waals surface area contributed by atoms with E-state index in [1.54, 1.807) is 6.08 Å². The number of aryl methyl sites for hydroxylation is 1. The molecule has 0 atom stereocenters. The zero-order valence-electron chi connectivity index (χ0n) is 15.8. The highest BCUT2D eigenvalue weighted by atomic mass is 16.5. The molecule has 148 valence electrons. The summed E-state index contributed by atoms with van der Waals surface area (Å²) in [5.41, 5.74) is 3.41. The number of carbonyl (C=O) groups excluding carboxylic acids is 3. The summed E-state index contributed by atoms with van der Waals surface area (Å²) in [4.78, 5) is 34.1. The Kier molecular flexibility index (Phi) is 11.2. The van der Waals surface area contributed by atoms with Crippen molar-refractivity contribution in [2.45, 2.75) is 51.9 Å². The van der Waals surface area contributed by atoms with Crippen molar-refractivity contribution in [3.63, 3.8) is 0 Å². The van der Waals surface area contributed by atoms with Crippen molar-refractivity contribution in [1.82, 2.24) is 10.8 Å². The van der Waals surface area contributed by atoms with E-state index in [1.165, 1.54) is 11.6 Å². The molecular formula is C20H29N3O4. The van der Waals surface area contributed by atoms with Crippen LogP contribution < -0.4 is 16.1 Å². The van der Waals surface area contributed by atoms with Crippen LogP contribution in [0.4, 0.5) is 5.69 Å². The lowest BCUT2D eigenvalue weighted by atomic mass is 10.1. The number of unbranched alkanes of at least 4 members (excludes halogenated alkanes) is 2. The van der Waals surface area contributed by atoms with E-state index in [1.807, 2.05) is 31.2 Å². The van der Waals surface area contributed by atoms with E-state index in [0.29, 0.717) is 25.8 Å². The third-order valence-electron chi connectivity index (χ3n) is 3.88. The largest absolute Gasteiger partial charge is 0.356 e. The smallest absolute Gasteiger partial charge is 0.267 e. The first-order valence-electron chi connectivity index (χ1n) is 9.31. The Balaban J connectivity index is 2.22. The molecule has 0 fully saturated rings. The Morgan fingerprint density at radius 2 is 1.70 bits per heavy atom. The zero-order chi connectivity index (χ0) is 19.9. The predicted octanol–water partition coefficient (Wildman–Crippen LogP) is 2.71. The molecule has 0 aliphatic carbocycles. The highest BCUT2D eigenvalue weighted by Crippen LogP contribution is 2.13. The molecule has 1 rings (SSSR count). The number of rotatable bonds is 12. The van der Waals surface area contributed by atoms with Gasteiger partial charge in [0.15, 0.2) is 0 Å². The number of hydrogen-bond acceptors (Lipinski definition) is 4. The maximum absolute atomic E-state index is 11.9. The lowest BCUT2D eigenvalue weighted by Crippen LogP contribution is -2.22. The van der Waals surface area contributed by atoms with Gasteiger partial charge in [0, 0.05) is 31.1 Å². The second-order valence-corrected chi connectivity index (χ2v) is 6.18. The topological polar surface area (TPSA) is 108 Å². The van der Waals surface area contributed by atoms with Crippen LogP contribution in [0.2, 0.25) is 0 Å². The van der Waals surface area contributed by atoms with Gasteiger partial charge in [-0.05, 0) is 56.7 Å². The van der Waals surface area contributed by atoms with Crippen LogP contribution in [-0.2, 0) is 20.8 Å². The Morgan fingerprint density at radius 1 is 1.00 bits per heavy atom. The molecule has 0 aromatic heterocycles. The van der Waals surface area contributed by atoms with Crippen LogP contribution in [0, 0.1) is 0 Å². The first-order valence-corrected chi connectivity index (χ1v) is 9.31. The fourth-order valence-corrected chi connectivity index (χ4v) is 2.49. The zero-order valence-corrected chi connectivity index (χ0v) is 15.8. The van der Waals surface area contributed by atoms with Crippen LogP contribution in [0.1, 0.15) is 51.0 Å². The van der Waals surface area contributed by atoms with Gasteiger partial charge in [-0.25, -0.2) is 5.48 Å². The fourth-order valence-electron chi connectivity index (χ4n) is 2.49. The van der Waals surface area contributed by atoms with Crippen LogP contribution in [0.3, 0.4) is 0 Å². The van der Waals surface area contributed by atoms with Crippen molar-refractivity contribution in [2.75, 3.05) is 11.9 Å². The van der Waals surface area contributed by atoms with Gasteiger partial charge < -0.3 is 10.6 Å². The van der Waals surface area contributed by atoms with Crippen molar-refractivity contribution in [3.8, 4) is 0 Å². The molecular weight excluding hydrogens is 346 g/mol. The highest BCUT2D eigenvalue weighted by molar-refractivity contribution is 5.90. The van der Waals surface area contributed by atoms with Crippen molar-refractivity contribution in [3.05, 3.63) is 42.0 Å². The molecule has 0 aliphatic rings. The highest BCUT2D eigenvalue weighted by Gasteiger charge is 2.03. The van der Waals surface area contributed by atoms with Crippen molar-refractivity contribution in [1.29, 1.82) is 0 Å². The summed E-state index contributed by atoms with van der Waals surface area (Å²) in [6.07, 6.45) is 7.65. The number of nitrogens with one attached hydrogen (secondary N) is 3. The third-order valence-corrected chi connectivity index (χ3v) is 3.88. The lowest BCUT2D eigenvalue weighted by molar-refractivity contribution is -0.124. The minimum atomic E-state index is -0.555. The van der Waals surface area contributed by atoms with Gasteiger partial charge in [-0.2, -0.15) is 0 Å². The van der Waals surface area contributed by atoms with Gasteiger partial charge in [-0.3, -0.25) is 19.6 Å². The second kappa shape index (κ2) is 13.5. The van der Waals surface area contributed by atoms with Gasteiger partial charge >= 0.3 is 0 Å². The maximum Gasteiger partial charge on any atom is 0.267 e. The monoisotopic (exact) mass is 375 g/mol. The molecule has 1 aromatic carbocycles. The molecule has 0 heterocycles. The molecule has 0 unspecified atom stereocenters. The Hall–Kier alpha value is -2.67. The Morgan fingerprint density at radius 3 is 2.37 bits per heavy atom. The molecule has 1 aromatic rings. The number of anilines is 1. The van der Waals surface area contributed by atoms with Gasteiger partial charge in [-0.15, -0.1) is 0 Å². The van der Waals surface area contributed by atoms with E-state index in [-0.39, 0.29) is 11.8 Å². The summed E-state index contributed by atoms with van der Waals surface area (Å²) >= 11 is 0. The summed E-state index contributed by atoms with van der Waals surface area (Å²) in [5, 5.41) is 14.0. The van der Waals surface area contributed by atoms with Crippen molar-refractivity contribution >= 4 is 23.4 Å². The normalized spacial score (nSPS) is 10.6. The number of carbonyl (C=O) groups is 3. The number of allylic oxidation sites excluding steroid dienone is 1. The minimum Gasteiger partial charge on any atom is -0.356 e. The van der Waals surface area contributed by atoms with E-state index in [2.05, 4.69) is 10.6 Å². The molecule has 0 bridgehead atoms. The second-order valence-electron chi connectivity index (χ2n) is 6.18. The van der Waals surface area contributed by atoms with Crippen LogP contribution >= 0.6 is 0 Å². The standard InChI is InChI=1S/C20H29N3O4/c1-2-21-18(24)11-7-8-16-12-14-17(15-13-16)22-19(25)9-5-3-4-6-10-20(26)23-27/h6,10,12-15,27H,2-5,7-9,11H2,1H3,(H,21,24)(H,22,25)(H,23,26)/b10-6+. The molecule has 0 saturated carbocycles. The summed E-state index contributed by atoms with van der Waals surface area (Å²) in [7, 11) is 0. The molecule has 0 aliphatic heterocycles. The summed E-state index contributed by atoms with van der Waals surface area (Å²) in [6, 6.07) is 7.67. The summed E-state index contributed by atoms with van der Waals surface area (Å²) < 4.78 is 0. The van der Waals surface area contributed by atoms with Crippen LogP contribution in [0.25, 0.3) is 0 Å². The van der Waals surface area contributed by atoms with E-state index < -0.39 is 5.91 Å². The van der Waals surface area contributed by atoms with Crippen molar-refractivity contribution in [2.24, 2.45) is 0 Å². The number of hydroxylamine groups is 1. The first kappa shape index (κ1) is 22.4. The Bertz CT molecular complexity index is 627. The average molecular weight is 375 g/mol. The third kappa shape index (κ3) is 10.8. The fraction of sp³-hybridized carbons (Fsp3) is 0.450. The van der Waals surface area contributed by atoms with Crippen LogP contribution in [0.5, 0.6) is 0 Å². The number of benzene rings is 1. The van der Waals surface area contributed by atoms with Gasteiger partial charge in [-0.1, -0.05) is 18.2 Å². The Labute approximate surface area is 160 Å². The SMILES string of the molecule is CCNC(=O)CCCc1ccc(NC(=O)CCCC/C=C/C(=O)NO)cc1. The summed E-state index contributed by atoms with van der Waals surface area (Å²) in [5.74, 6) is -0.523.